The number of hydrogen-bond acceptors (Lipinski definition) is 8. The number of ether oxygens (including phenoxy) is 2. The van der Waals surface area contributed by atoms with Gasteiger partial charge in [-0.15, -0.1) is 0 Å². The minimum atomic E-state index is -0.615. The van der Waals surface area contributed by atoms with Crippen LogP contribution in [-0.2, 0) is 19.1 Å². The number of carbonyl (C=O) groups is 2. The van der Waals surface area contributed by atoms with Gasteiger partial charge in [-0.3, -0.25) is 9.59 Å². The Kier molecular flexibility index (Phi) is 6.26. The van der Waals surface area contributed by atoms with Crippen LogP contribution >= 0.6 is 0 Å². The molecule has 0 spiro atoms. The second-order valence-electron chi connectivity index (χ2n) is 8.49. The number of nitrogens with zero attached hydrogens (tertiary/aromatic N) is 5. The first-order chi connectivity index (χ1) is 17.5. The third-order valence-electron chi connectivity index (χ3n) is 6.22. The van der Waals surface area contributed by atoms with Gasteiger partial charge in [0.25, 0.3) is 5.91 Å². The van der Waals surface area contributed by atoms with Crippen molar-refractivity contribution in [2.75, 3.05) is 33.9 Å². The van der Waals surface area contributed by atoms with Gasteiger partial charge >= 0.3 is 5.97 Å². The van der Waals surface area contributed by atoms with Crippen LogP contribution in [0.1, 0.15) is 24.6 Å². The Morgan fingerprint density at radius 2 is 2.14 bits per heavy atom. The summed E-state index contributed by atoms with van der Waals surface area (Å²) in [4.78, 5) is 37.7. The van der Waals surface area contributed by atoms with E-state index < -0.39 is 11.9 Å². The molecule has 1 N–H and O–H groups in total. The van der Waals surface area contributed by atoms with Crippen molar-refractivity contribution in [3.63, 3.8) is 0 Å². The van der Waals surface area contributed by atoms with E-state index in [2.05, 4.69) is 19.3 Å². The number of pyridine rings is 1. The van der Waals surface area contributed by atoms with Crippen molar-refractivity contribution in [2.45, 2.75) is 18.9 Å². The molecule has 0 unspecified atom stereocenters. The third-order valence-corrected chi connectivity index (χ3v) is 6.22. The SMILES string of the molecule is COC(=O)CN(C)C(=O)/C(C#N)=C/c1ccc(-c2nc3cnc4[nH]ccc4c3n2C2CCOCC2)o1. The average Bonchev–Trinajstić information content (AvgIpc) is 3.64. The Balaban J connectivity index is 1.54. The first-order valence-electron chi connectivity index (χ1n) is 11.5. The average molecular weight is 489 g/mol. The molecule has 11 nitrogen and oxygen atoms in total. The molecule has 0 bridgehead atoms. The molecular formula is C25H24N6O5. The molecule has 0 aliphatic carbocycles. The summed E-state index contributed by atoms with van der Waals surface area (Å²) in [5.74, 6) is 0.259. The number of methoxy groups -OCH3 is 1. The van der Waals surface area contributed by atoms with Crippen molar-refractivity contribution in [1.29, 1.82) is 5.26 Å². The van der Waals surface area contributed by atoms with Crippen LogP contribution in [0.25, 0.3) is 39.7 Å². The molecule has 36 heavy (non-hydrogen) atoms. The fourth-order valence-corrected chi connectivity index (χ4v) is 4.44. The molecule has 0 radical (unpaired) electrons. The predicted molar refractivity (Wildman–Crippen MR) is 129 cm³/mol. The molecular weight excluding hydrogens is 464 g/mol. The topological polar surface area (TPSA) is 139 Å². The maximum atomic E-state index is 12.6. The zero-order valence-corrected chi connectivity index (χ0v) is 19.9. The van der Waals surface area contributed by atoms with E-state index in [4.69, 9.17) is 14.1 Å². The summed E-state index contributed by atoms with van der Waals surface area (Å²) < 4.78 is 18.4. The molecule has 1 aliphatic rings. The summed E-state index contributed by atoms with van der Waals surface area (Å²) in [6.07, 6.45) is 6.61. The molecule has 1 fully saturated rings. The van der Waals surface area contributed by atoms with E-state index in [1.54, 1.807) is 18.3 Å². The molecule has 4 aromatic rings. The Morgan fingerprint density at radius 3 is 2.89 bits per heavy atom. The van der Waals surface area contributed by atoms with E-state index in [1.807, 2.05) is 18.3 Å². The highest BCUT2D eigenvalue weighted by molar-refractivity contribution is 6.03. The number of carbonyl (C=O) groups excluding carboxylic acids is 2. The minimum Gasteiger partial charge on any atom is -0.468 e. The standard InChI is InChI=1S/C25H24N6O5/c1-30(14-21(32)34-2)25(33)15(12-26)11-17-3-4-20(36-17)24-29-19-13-28-23-18(5-8-27-23)22(19)31(24)16-6-9-35-10-7-16/h3-5,8,11,13,16H,6-7,9-10,14H2,1-2H3,(H,27,28)/b15-11+. The van der Waals surface area contributed by atoms with Crippen molar-refractivity contribution < 1.29 is 23.5 Å². The van der Waals surface area contributed by atoms with Crippen LogP contribution < -0.4 is 0 Å². The van der Waals surface area contributed by atoms with Gasteiger partial charge in [0, 0.05) is 44.0 Å². The molecule has 0 saturated carbocycles. The van der Waals surface area contributed by atoms with Crippen molar-refractivity contribution in [1.82, 2.24) is 24.4 Å². The highest BCUT2D eigenvalue weighted by atomic mass is 16.5. The largest absolute Gasteiger partial charge is 0.468 e. The minimum absolute atomic E-state index is 0.159. The highest BCUT2D eigenvalue weighted by Crippen LogP contribution is 2.36. The first-order valence-corrected chi connectivity index (χ1v) is 11.5. The second kappa shape index (κ2) is 9.67. The summed E-state index contributed by atoms with van der Waals surface area (Å²) >= 11 is 0. The number of hydrogen-bond donors (Lipinski definition) is 1. The zero-order valence-electron chi connectivity index (χ0n) is 19.9. The van der Waals surface area contributed by atoms with E-state index in [9.17, 15) is 14.9 Å². The van der Waals surface area contributed by atoms with Gasteiger partial charge in [0.15, 0.2) is 11.6 Å². The van der Waals surface area contributed by atoms with Crippen LogP contribution in [-0.4, -0.2) is 70.2 Å². The number of aromatic amines is 1. The molecule has 0 aromatic carbocycles. The van der Waals surface area contributed by atoms with Crippen LogP contribution in [0.2, 0.25) is 0 Å². The van der Waals surface area contributed by atoms with Gasteiger partial charge in [-0.05, 0) is 31.0 Å². The van der Waals surface area contributed by atoms with Crippen molar-refractivity contribution in [3.05, 3.63) is 41.9 Å². The Morgan fingerprint density at radius 1 is 1.33 bits per heavy atom. The molecule has 1 aliphatic heterocycles. The number of rotatable bonds is 6. The lowest BCUT2D eigenvalue weighted by molar-refractivity contribution is -0.144. The van der Waals surface area contributed by atoms with Gasteiger partial charge in [-0.2, -0.15) is 5.26 Å². The summed E-state index contributed by atoms with van der Waals surface area (Å²) in [7, 11) is 2.65. The number of H-pyrrole nitrogens is 1. The molecule has 184 valence electrons. The Labute approximate surface area is 205 Å². The van der Waals surface area contributed by atoms with Gasteiger partial charge in [0.05, 0.1) is 18.8 Å². The van der Waals surface area contributed by atoms with Gasteiger partial charge < -0.3 is 28.3 Å². The van der Waals surface area contributed by atoms with E-state index >= 15 is 0 Å². The highest BCUT2D eigenvalue weighted by Gasteiger charge is 2.26. The molecule has 5 rings (SSSR count). The number of furan rings is 1. The molecule has 5 heterocycles. The number of amides is 1. The number of nitriles is 1. The third kappa shape index (κ3) is 4.23. The van der Waals surface area contributed by atoms with Crippen LogP contribution in [0.5, 0.6) is 0 Å². The lowest BCUT2D eigenvalue weighted by Crippen LogP contribution is -2.33. The van der Waals surface area contributed by atoms with E-state index in [0.717, 1.165) is 39.8 Å². The lowest BCUT2D eigenvalue weighted by Gasteiger charge is -2.25. The van der Waals surface area contributed by atoms with Crippen molar-refractivity contribution in [3.8, 4) is 17.7 Å². The number of nitrogens with one attached hydrogen (secondary N) is 1. The molecule has 4 aromatic heterocycles. The number of fused-ring (bicyclic) bond motifs is 3. The summed E-state index contributed by atoms with van der Waals surface area (Å²) in [6, 6.07) is 7.47. The van der Waals surface area contributed by atoms with Crippen LogP contribution in [0.3, 0.4) is 0 Å². The van der Waals surface area contributed by atoms with Gasteiger partial charge in [-0.1, -0.05) is 0 Å². The fraction of sp³-hybridized carbons (Fsp3) is 0.320. The number of likely N-dealkylation sites (N-methyl/N-ethyl adjacent to an activating group) is 1. The van der Waals surface area contributed by atoms with Crippen molar-refractivity contribution >= 4 is 40.0 Å². The fourth-order valence-electron chi connectivity index (χ4n) is 4.44. The molecule has 1 amide bonds. The van der Waals surface area contributed by atoms with E-state index in [-0.39, 0.29) is 18.2 Å². The number of aromatic nitrogens is 4. The maximum absolute atomic E-state index is 12.6. The van der Waals surface area contributed by atoms with E-state index in [1.165, 1.54) is 20.2 Å². The summed E-state index contributed by atoms with van der Waals surface area (Å²) in [5.41, 5.74) is 2.32. The Bertz CT molecular complexity index is 1510. The number of imidazole rings is 1. The van der Waals surface area contributed by atoms with Gasteiger partial charge in [0.2, 0.25) is 0 Å². The number of esters is 1. The van der Waals surface area contributed by atoms with Crippen LogP contribution in [0, 0.1) is 11.3 Å². The zero-order chi connectivity index (χ0) is 25.2. The monoisotopic (exact) mass is 488 g/mol. The second-order valence-corrected chi connectivity index (χ2v) is 8.49. The van der Waals surface area contributed by atoms with E-state index in [0.29, 0.717) is 30.6 Å². The summed E-state index contributed by atoms with van der Waals surface area (Å²) in [6.45, 7) is 1.04. The van der Waals surface area contributed by atoms with Gasteiger partial charge in [0.1, 0.15) is 35.1 Å². The Hall–Kier alpha value is -4.43. The maximum Gasteiger partial charge on any atom is 0.325 e. The quantitative estimate of drug-likeness (QED) is 0.248. The normalized spacial score (nSPS) is 14.8. The predicted octanol–water partition coefficient (Wildman–Crippen LogP) is 3.06. The van der Waals surface area contributed by atoms with Crippen LogP contribution in [0.15, 0.2) is 40.6 Å². The lowest BCUT2D eigenvalue weighted by atomic mass is 10.1. The smallest absolute Gasteiger partial charge is 0.325 e. The van der Waals surface area contributed by atoms with Crippen molar-refractivity contribution in [2.24, 2.45) is 0 Å². The molecule has 11 heteroatoms. The van der Waals surface area contributed by atoms with Gasteiger partial charge in [-0.25, -0.2) is 9.97 Å². The summed E-state index contributed by atoms with van der Waals surface area (Å²) in [5, 5.41) is 10.5. The van der Waals surface area contributed by atoms with Crippen LogP contribution in [0.4, 0.5) is 0 Å². The molecule has 0 atom stereocenters. The molecule has 1 saturated heterocycles. The first kappa shape index (κ1) is 23.3.